The molecule has 1 aliphatic heterocycles. The Kier molecular flexibility index (Phi) is 34.0. The summed E-state index contributed by atoms with van der Waals surface area (Å²) in [6.07, 6.45) is 31.8. The summed E-state index contributed by atoms with van der Waals surface area (Å²) in [5, 5.41) is 40.0. The van der Waals surface area contributed by atoms with Crippen LogP contribution in [0, 0.1) is 0 Å². The first-order valence-corrected chi connectivity index (χ1v) is 22.4. The fraction of sp³-hybridized carbons (Fsp3) is 0.867. The van der Waals surface area contributed by atoms with Gasteiger partial charge < -0.3 is 39.4 Å². The minimum Gasteiger partial charge on any atom is -0.462 e. The summed E-state index contributed by atoms with van der Waals surface area (Å²) in [6.45, 7) is 3.39. The number of carbonyl (C=O) groups excluding carboxylic acids is 2. The zero-order valence-corrected chi connectivity index (χ0v) is 34.9. The van der Waals surface area contributed by atoms with Gasteiger partial charge in [0.2, 0.25) is 0 Å². The van der Waals surface area contributed by atoms with Gasteiger partial charge in [0.25, 0.3) is 0 Å². The number of hydrogen-bond donors (Lipinski definition) is 4. The van der Waals surface area contributed by atoms with Crippen LogP contribution in [-0.2, 0) is 28.5 Å². The van der Waals surface area contributed by atoms with Crippen LogP contribution in [0.2, 0.25) is 0 Å². The molecule has 55 heavy (non-hydrogen) atoms. The normalized spacial score (nSPS) is 20.7. The van der Waals surface area contributed by atoms with Crippen LogP contribution in [0.1, 0.15) is 194 Å². The topological polar surface area (TPSA) is 152 Å². The fourth-order valence-corrected chi connectivity index (χ4v) is 6.71. The first-order valence-electron chi connectivity index (χ1n) is 22.4. The number of allylic oxidation sites excluding steroid dienone is 4. The molecule has 6 atom stereocenters. The third-order valence-corrected chi connectivity index (χ3v) is 10.3. The maximum Gasteiger partial charge on any atom is 0.306 e. The van der Waals surface area contributed by atoms with Crippen LogP contribution in [0.15, 0.2) is 24.3 Å². The van der Waals surface area contributed by atoms with E-state index in [1.807, 2.05) is 0 Å². The van der Waals surface area contributed by atoms with Gasteiger partial charge >= 0.3 is 11.9 Å². The van der Waals surface area contributed by atoms with E-state index >= 15 is 0 Å². The summed E-state index contributed by atoms with van der Waals surface area (Å²) in [4.78, 5) is 25.3. The van der Waals surface area contributed by atoms with E-state index in [-0.39, 0.29) is 26.1 Å². The van der Waals surface area contributed by atoms with Crippen molar-refractivity contribution < 1.29 is 49.0 Å². The molecular weight excluding hydrogens is 700 g/mol. The van der Waals surface area contributed by atoms with Gasteiger partial charge in [-0.1, -0.05) is 141 Å². The van der Waals surface area contributed by atoms with Crippen molar-refractivity contribution in [3.63, 3.8) is 0 Å². The molecule has 0 aromatic carbocycles. The minimum atomic E-state index is -1.60. The molecule has 322 valence electrons. The van der Waals surface area contributed by atoms with Crippen molar-refractivity contribution in [3.05, 3.63) is 24.3 Å². The van der Waals surface area contributed by atoms with Gasteiger partial charge in [-0.15, -0.1) is 0 Å². The molecule has 10 nitrogen and oxygen atoms in total. The van der Waals surface area contributed by atoms with E-state index in [0.717, 1.165) is 51.4 Å². The zero-order valence-electron chi connectivity index (χ0n) is 34.9. The lowest BCUT2D eigenvalue weighted by Gasteiger charge is -2.39. The monoisotopic (exact) mass is 783 g/mol. The molecule has 0 aliphatic carbocycles. The van der Waals surface area contributed by atoms with E-state index in [9.17, 15) is 30.0 Å². The van der Waals surface area contributed by atoms with Gasteiger partial charge in [0.1, 0.15) is 31.0 Å². The third kappa shape index (κ3) is 28.3. The van der Waals surface area contributed by atoms with Crippen LogP contribution in [0.4, 0.5) is 0 Å². The van der Waals surface area contributed by atoms with E-state index < -0.39 is 55.4 Å². The van der Waals surface area contributed by atoms with Crippen molar-refractivity contribution in [1.82, 2.24) is 0 Å². The summed E-state index contributed by atoms with van der Waals surface area (Å²) < 4.78 is 22.1. The zero-order chi connectivity index (χ0) is 40.2. The van der Waals surface area contributed by atoms with Crippen molar-refractivity contribution in [2.24, 2.45) is 0 Å². The van der Waals surface area contributed by atoms with Gasteiger partial charge in [0.05, 0.1) is 13.2 Å². The highest BCUT2D eigenvalue weighted by molar-refractivity contribution is 5.70. The first-order chi connectivity index (χ1) is 26.8. The van der Waals surface area contributed by atoms with Crippen LogP contribution in [-0.4, -0.2) is 89.0 Å². The third-order valence-electron chi connectivity index (χ3n) is 10.3. The van der Waals surface area contributed by atoms with E-state index in [2.05, 4.69) is 38.2 Å². The Bertz CT molecular complexity index is 954. The van der Waals surface area contributed by atoms with Crippen molar-refractivity contribution >= 4 is 11.9 Å². The lowest BCUT2D eigenvalue weighted by Crippen LogP contribution is -2.59. The van der Waals surface area contributed by atoms with E-state index in [4.69, 9.17) is 18.9 Å². The van der Waals surface area contributed by atoms with Gasteiger partial charge in [-0.05, 0) is 64.2 Å². The van der Waals surface area contributed by atoms with Crippen molar-refractivity contribution in [3.8, 4) is 0 Å². The molecule has 1 heterocycles. The Labute approximate surface area is 334 Å². The van der Waals surface area contributed by atoms with E-state index in [0.29, 0.717) is 12.8 Å². The second kappa shape index (κ2) is 36.5. The number of rotatable bonds is 37. The summed E-state index contributed by atoms with van der Waals surface area (Å²) in [5.74, 6) is -0.826. The fourth-order valence-electron chi connectivity index (χ4n) is 6.71. The number of ether oxygens (including phenoxy) is 4. The number of carbonyl (C=O) groups is 2. The Morgan fingerprint density at radius 3 is 1.44 bits per heavy atom. The van der Waals surface area contributed by atoms with Crippen LogP contribution >= 0.6 is 0 Å². The molecule has 0 aromatic rings. The number of aliphatic hydroxyl groups excluding tert-OH is 4. The average molecular weight is 783 g/mol. The minimum absolute atomic E-state index is 0.224. The number of esters is 2. The highest BCUT2D eigenvalue weighted by Crippen LogP contribution is 2.22. The van der Waals surface area contributed by atoms with Crippen LogP contribution < -0.4 is 0 Å². The standard InChI is InChI=1S/C45H82O10/c1-3-5-7-9-11-13-15-17-18-19-20-22-24-26-28-30-32-34-41(48)54-38(37-53-45-44(51)43(50)42(49)39(35-46)55-45)36-52-40(47)33-31-29-27-25-23-21-16-14-12-10-8-6-4-2/h17-18,21,23,38-39,42-46,49-51H,3-16,19-20,22,24-37H2,1-2H3/b18-17+,23-21+/t38-,39-,42+,43?,44?,45-/m1/s1. The molecular formula is C45H82O10. The molecule has 0 aromatic heterocycles. The Hall–Kier alpha value is -1.82. The Balaban J connectivity index is 2.34. The second-order valence-electron chi connectivity index (χ2n) is 15.5. The SMILES string of the molecule is CCCCCCCC/C=C/CCCCCCCCCC(=O)O[C@H](COC(=O)CCCCC/C=C/CCCCCCCC)CO[C@@H]1O[C@H](CO)[C@H](O)C(O)C1O. The summed E-state index contributed by atoms with van der Waals surface area (Å²) in [5.41, 5.74) is 0. The lowest BCUT2D eigenvalue weighted by molar-refractivity contribution is -0.305. The van der Waals surface area contributed by atoms with Crippen LogP contribution in [0.3, 0.4) is 0 Å². The van der Waals surface area contributed by atoms with E-state index in [1.165, 1.54) is 103 Å². The molecule has 1 rings (SSSR count). The number of unbranched alkanes of at least 4 members (excludes halogenated alkanes) is 22. The highest BCUT2D eigenvalue weighted by Gasteiger charge is 2.44. The maximum atomic E-state index is 12.8. The van der Waals surface area contributed by atoms with Crippen LogP contribution in [0.5, 0.6) is 0 Å². The van der Waals surface area contributed by atoms with Gasteiger partial charge in [0, 0.05) is 12.8 Å². The van der Waals surface area contributed by atoms with Crippen LogP contribution in [0.25, 0.3) is 0 Å². The molecule has 0 spiro atoms. The largest absolute Gasteiger partial charge is 0.462 e. The van der Waals surface area contributed by atoms with E-state index in [1.54, 1.807) is 0 Å². The molecule has 2 unspecified atom stereocenters. The molecule has 1 saturated heterocycles. The summed E-state index contributed by atoms with van der Waals surface area (Å²) in [7, 11) is 0. The number of hydrogen-bond acceptors (Lipinski definition) is 10. The summed E-state index contributed by atoms with van der Waals surface area (Å²) >= 11 is 0. The number of aliphatic hydroxyl groups is 4. The lowest BCUT2D eigenvalue weighted by atomic mass is 9.99. The molecule has 0 amide bonds. The molecule has 0 saturated carbocycles. The quantitative estimate of drug-likeness (QED) is 0.0273. The van der Waals surface area contributed by atoms with Crippen molar-refractivity contribution in [2.45, 2.75) is 230 Å². The molecule has 1 fully saturated rings. The smallest absolute Gasteiger partial charge is 0.306 e. The molecule has 0 bridgehead atoms. The molecule has 10 heteroatoms. The predicted octanol–water partition coefficient (Wildman–Crippen LogP) is 9.33. The Morgan fingerprint density at radius 1 is 0.545 bits per heavy atom. The van der Waals surface area contributed by atoms with Gasteiger partial charge in [0.15, 0.2) is 12.4 Å². The average Bonchev–Trinajstić information content (AvgIpc) is 3.18. The molecule has 1 aliphatic rings. The van der Waals surface area contributed by atoms with Gasteiger partial charge in [-0.2, -0.15) is 0 Å². The van der Waals surface area contributed by atoms with Gasteiger partial charge in [-0.25, -0.2) is 0 Å². The first kappa shape index (κ1) is 51.2. The van der Waals surface area contributed by atoms with Gasteiger partial charge in [-0.3, -0.25) is 9.59 Å². The van der Waals surface area contributed by atoms with Crippen molar-refractivity contribution in [1.29, 1.82) is 0 Å². The maximum absolute atomic E-state index is 12.8. The summed E-state index contributed by atoms with van der Waals surface area (Å²) in [6, 6.07) is 0. The Morgan fingerprint density at radius 2 is 0.964 bits per heavy atom. The molecule has 4 N–H and O–H groups in total. The second-order valence-corrected chi connectivity index (χ2v) is 15.5. The van der Waals surface area contributed by atoms with Crippen molar-refractivity contribution in [2.75, 3.05) is 19.8 Å². The predicted molar refractivity (Wildman–Crippen MR) is 219 cm³/mol. The molecule has 0 radical (unpaired) electrons. The highest BCUT2D eigenvalue weighted by atomic mass is 16.7.